The summed E-state index contributed by atoms with van der Waals surface area (Å²) >= 11 is 3.31. The number of benzene rings is 3. The SMILES string of the molecule is O=C(NC(Nc1ccccc1)C(=O)O)/C(=C\C=C\c1ccccc1)NC(=O)c1ccc(Br)cc1. The molecule has 3 aromatic rings. The first-order valence-corrected chi connectivity index (χ1v) is 11.1. The lowest BCUT2D eigenvalue weighted by atomic mass is 10.2. The van der Waals surface area contributed by atoms with E-state index < -0.39 is 23.9 Å². The van der Waals surface area contributed by atoms with Crippen LogP contribution >= 0.6 is 15.9 Å². The number of carbonyl (C=O) groups is 3. The maximum Gasteiger partial charge on any atom is 0.347 e. The van der Waals surface area contributed by atoms with E-state index in [0.29, 0.717) is 11.3 Å². The molecule has 0 aliphatic heterocycles. The van der Waals surface area contributed by atoms with Crippen molar-refractivity contribution in [2.45, 2.75) is 6.17 Å². The van der Waals surface area contributed by atoms with Crippen molar-refractivity contribution in [1.82, 2.24) is 10.6 Å². The molecule has 8 heteroatoms. The molecule has 0 aliphatic carbocycles. The number of carbonyl (C=O) groups excluding carboxylic acids is 2. The van der Waals surface area contributed by atoms with Crippen molar-refractivity contribution in [2.75, 3.05) is 5.32 Å². The molecule has 0 aliphatic rings. The summed E-state index contributed by atoms with van der Waals surface area (Å²) in [5.74, 6) is -2.56. The quantitative estimate of drug-likeness (QED) is 0.190. The normalized spacial score (nSPS) is 12.1. The Kier molecular flexibility index (Phi) is 8.76. The predicted molar refractivity (Wildman–Crippen MR) is 135 cm³/mol. The zero-order valence-corrected chi connectivity index (χ0v) is 19.5. The molecular weight excluding hydrogens is 498 g/mol. The van der Waals surface area contributed by atoms with Gasteiger partial charge in [0.05, 0.1) is 0 Å². The number of carboxylic acid groups (broad SMARTS) is 1. The highest BCUT2D eigenvalue weighted by atomic mass is 79.9. The first-order chi connectivity index (χ1) is 16.4. The van der Waals surface area contributed by atoms with E-state index in [4.69, 9.17) is 0 Å². The molecule has 0 bridgehead atoms. The number of aliphatic carboxylic acids is 1. The van der Waals surface area contributed by atoms with Gasteiger partial charge in [0.25, 0.3) is 11.8 Å². The van der Waals surface area contributed by atoms with Gasteiger partial charge in [0, 0.05) is 15.7 Å². The van der Waals surface area contributed by atoms with E-state index in [9.17, 15) is 19.5 Å². The van der Waals surface area contributed by atoms with Gasteiger partial charge < -0.3 is 21.1 Å². The van der Waals surface area contributed by atoms with Crippen molar-refractivity contribution in [1.29, 1.82) is 0 Å². The van der Waals surface area contributed by atoms with Gasteiger partial charge in [-0.2, -0.15) is 0 Å². The molecule has 3 rings (SSSR count). The van der Waals surface area contributed by atoms with Crippen molar-refractivity contribution in [3.63, 3.8) is 0 Å². The molecule has 3 aromatic carbocycles. The minimum absolute atomic E-state index is 0.110. The molecule has 0 saturated heterocycles. The highest BCUT2D eigenvalue weighted by molar-refractivity contribution is 9.10. The Morgan fingerprint density at radius 3 is 2.09 bits per heavy atom. The predicted octanol–water partition coefficient (Wildman–Crippen LogP) is 4.42. The van der Waals surface area contributed by atoms with Crippen LogP contribution in [0.4, 0.5) is 5.69 Å². The Morgan fingerprint density at radius 1 is 0.853 bits per heavy atom. The zero-order chi connectivity index (χ0) is 24.3. The summed E-state index contributed by atoms with van der Waals surface area (Å²) in [4.78, 5) is 37.4. The molecule has 0 heterocycles. The average Bonchev–Trinajstić information content (AvgIpc) is 2.84. The van der Waals surface area contributed by atoms with Crippen molar-refractivity contribution in [3.05, 3.63) is 118 Å². The number of amides is 2. The summed E-state index contributed by atoms with van der Waals surface area (Å²) in [5, 5.41) is 17.3. The Labute approximate surface area is 205 Å². The van der Waals surface area contributed by atoms with Crippen LogP contribution in [0.1, 0.15) is 15.9 Å². The molecular formula is C26H22BrN3O4. The Hall–Kier alpha value is -4.17. The van der Waals surface area contributed by atoms with Crippen LogP contribution in [0.15, 0.2) is 107 Å². The summed E-state index contributed by atoms with van der Waals surface area (Å²) in [6.07, 6.45) is 3.36. The molecule has 0 fully saturated rings. The van der Waals surface area contributed by atoms with Crippen molar-refractivity contribution < 1.29 is 19.5 Å². The lowest BCUT2D eigenvalue weighted by Gasteiger charge is -2.18. The van der Waals surface area contributed by atoms with E-state index in [2.05, 4.69) is 31.9 Å². The second-order valence-electron chi connectivity index (χ2n) is 7.07. The fourth-order valence-corrected chi connectivity index (χ4v) is 3.12. The zero-order valence-electron chi connectivity index (χ0n) is 17.9. The van der Waals surface area contributed by atoms with Gasteiger partial charge >= 0.3 is 5.97 Å². The second-order valence-corrected chi connectivity index (χ2v) is 7.98. The summed E-state index contributed by atoms with van der Waals surface area (Å²) in [7, 11) is 0. The molecule has 7 nitrogen and oxygen atoms in total. The number of para-hydroxylation sites is 1. The minimum atomic E-state index is -1.42. The number of halogens is 1. The first-order valence-electron chi connectivity index (χ1n) is 10.3. The molecule has 172 valence electrons. The van der Waals surface area contributed by atoms with E-state index in [1.165, 1.54) is 6.08 Å². The average molecular weight is 520 g/mol. The number of rotatable bonds is 9. The van der Waals surface area contributed by atoms with Crippen LogP contribution in [0, 0.1) is 0 Å². The Morgan fingerprint density at radius 2 is 1.47 bits per heavy atom. The van der Waals surface area contributed by atoms with Gasteiger partial charge in [-0.05, 0) is 48.0 Å². The molecule has 2 amide bonds. The summed E-state index contributed by atoms with van der Waals surface area (Å²) < 4.78 is 0.805. The number of hydrogen-bond acceptors (Lipinski definition) is 4. The Balaban J connectivity index is 1.81. The number of nitrogens with one attached hydrogen (secondary N) is 3. The number of allylic oxidation sites excluding steroid dienone is 2. The van der Waals surface area contributed by atoms with Gasteiger partial charge in [0.2, 0.25) is 0 Å². The lowest BCUT2D eigenvalue weighted by Crippen LogP contribution is -2.48. The molecule has 0 spiro atoms. The van der Waals surface area contributed by atoms with E-state index in [1.54, 1.807) is 66.7 Å². The highest BCUT2D eigenvalue weighted by Crippen LogP contribution is 2.11. The fourth-order valence-electron chi connectivity index (χ4n) is 2.86. The largest absolute Gasteiger partial charge is 0.478 e. The maximum absolute atomic E-state index is 13.0. The van der Waals surface area contributed by atoms with E-state index >= 15 is 0 Å². The summed E-state index contributed by atoms with van der Waals surface area (Å²) in [5.41, 5.74) is 1.64. The third-order valence-corrected chi connectivity index (χ3v) is 5.09. The van der Waals surface area contributed by atoms with Crippen LogP contribution in [0.5, 0.6) is 0 Å². The molecule has 1 atom stereocenters. The molecule has 4 N–H and O–H groups in total. The molecule has 0 radical (unpaired) electrons. The second kappa shape index (κ2) is 12.2. The fraction of sp³-hybridized carbons (Fsp3) is 0.0385. The molecule has 0 aromatic heterocycles. The van der Waals surface area contributed by atoms with Crippen molar-refractivity contribution in [3.8, 4) is 0 Å². The molecule has 0 saturated carbocycles. The molecule has 34 heavy (non-hydrogen) atoms. The third-order valence-electron chi connectivity index (χ3n) is 4.56. The number of carboxylic acids is 1. The van der Waals surface area contributed by atoms with Crippen LogP contribution < -0.4 is 16.0 Å². The van der Waals surface area contributed by atoms with Gasteiger partial charge in [-0.3, -0.25) is 9.59 Å². The van der Waals surface area contributed by atoms with Gasteiger partial charge in [-0.15, -0.1) is 0 Å². The van der Waals surface area contributed by atoms with Crippen LogP contribution in [-0.4, -0.2) is 29.1 Å². The lowest BCUT2D eigenvalue weighted by molar-refractivity contribution is -0.140. The number of hydrogen-bond donors (Lipinski definition) is 4. The van der Waals surface area contributed by atoms with Crippen LogP contribution in [0.3, 0.4) is 0 Å². The molecule has 1 unspecified atom stereocenters. The summed E-state index contributed by atoms with van der Waals surface area (Å²) in [6.45, 7) is 0. The minimum Gasteiger partial charge on any atom is -0.478 e. The monoisotopic (exact) mass is 519 g/mol. The van der Waals surface area contributed by atoms with Crippen LogP contribution in [0.25, 0.3) is 6.08 Å². The van der Waals surface area contributed by atoms with Crippen LogP contribution in [-0.2, 0) is 9.59 Å². The third kappa shape index (κ3) is 7.46. The summed E-state index contributed by atoms with van der Waals surface area (Å²) in [6, 6.07) is 24.6. The van der Waals surface area contributed by atoms with E-state index in [0.717, 1.165) is 10.0 Å². The van der Waals surface area contributed by atoms with Crippen molar-refractivity contribution in [2.24, 2.45) is 0 Å². The number of anilines is 1. The van der Waals surface area contributed by atoms with Crippen molar-refractivity contribution >= 4 is 45.5 Å². The first kappa shape index (κ1) is 24.5. The van der Waals surface area contributed by atoms with E-state index in [-0.39, 0.29) is 5.70 Å². The van der Waals surface area contributed by atoms with Gasteiger partial charge in [-0.25, -0.2) is 4.79 Å². The van der Waals surface area contributed by atoms with E-state index in [1.807, 2.05) is 30.3 Å². The highest BCUT2D eigenvalue weighted by Gasteiger charge is 2.22. The Bertz CT molecular complexity index is 1190. The van der Waals surface area contributed by atoms with Gasteiger partial charge in [0.1, 0.15) is 5.70 Å². The van der Waals surface area contributed by atoms with Gasteiger partial charge in [-0.1, -0.05) is 76.6 Å². The smallest absolute Gasteiger partial charge is 0.347 e. The van der Waals surface area contributed by atoms with Crippen LogP contribution in [0.2, 0.25) is 0 Å². The standard InChI is InChI=1S/C26H22BrN3O4/c27-20-16-14-19(15-17-20)24(31)29-22(13-7-10-18-8-3-1-4-9-18)25(32)30-23(26(33)34)28-21-11-5-2-6-12-21/h1-17,23,28H,(H,29,31)(H,30,32)(H,33,34)/b10-7+,22-13+. The maximum atomic E-state index is 13.0. The van der Waals surface area contributed by atoms with Gasteiger partial charge in [0.15, 0.2) is 6.17 Å². The topological polar surface area (TPSA) is 108 Å².